The van der Waals surface area contributed by atoms with Gasteiger partial charge in [0.25, 0.3) is 5.91 Å². The van der Waals surface area contributed by atoms with Crippen molar-refractivity contribution in [1.82, 2.24) is 0 Å². The predicted octanol–water partition coefficient (Wildman–Crippen LogP) is 2.12. The Morgan fingerprint density at radius 2 is 1.94 bits per heavy atom. The molecular formula is C13H19NO3. The highest BCUT2D eigenvalue weighted by atomic mass is 16.5. The van der Waals surface area contributed by atoms with E-state index in [-0.39, 0.29) is 0 Å². The molecule has 1 atom stereocenters. The topological polar surface area (TPSA) is 61.6 Å². The lowest BCUT2D eigenvalue weighted by atomic mass is 10.2. The molecule has 4 heteroatoms. The summed E-state index contributed by atoms with van der Waals surface area (Å²) in [7, 11) is 0. The average molecular weight is 237 g/mol. The molecule has 1 rings (SSSR count). The van der Waals surface area contributed by atoms with Crippen molar-refractivity contribution in [2.75, 3.05) is 6.61 Å². The van der Waals surface area contributed by atoms with Gasteiger partial charge in [-0.2, -0.15) is 0 Å². The molecular weight excluding hydrogens is 218 g/mol. The molecule has 17 heavy (non-hydrogen) atoms. The van der Waals surface area contributed by atoms with Gasteiger partial charge in [-0.3, -0.25) is 4.79 Å². The van der Waals surface area contributed by atoms with Crippen molar-refractivity contribution in [3.05, 3.63) is 24.3 Å². The van der Waals surface area contributed by atoms with Gasteiger partial charge >= 0.3 is 0 Å². The van der Waals surface area contributed by atoms with Gasteiger partial charge in [0.05, 0.1) is 6.61 Å². The second kappa shape index (κ2) is 6.78. The minimum absolute atomic E-state index is 0.460. The van der Waals surface area contributed by atoms with E-state index in [9.17, 15) is 4.79 Å². The van der Waals surface area contributed by atoms with Gasteiger partial charge in [-0.1, -0.05) is 26.0 Å². The van der Waals surface area contributed by atoms with Crippen LogP contribution in [0.5, 0.6) is 11.5 Å². The monoisotopic (exact) mass is 237 g/mol. The number of ether oxygens (including phenoxy) is 2. The number of rotatable bonds is 7. The van der Waals surface area contributed by atoms with Crippen LogP contribution in [0.2, 0.25) is 0 Å². The van der Waals surface area contributed by atoms with Crippen molar-refractivity contribution in [2.24, 2.45) is 5.73 Å². The van der Waals surface area contributed by atoms with E-state index in [4.69, 9.17) is 15.2 Å². The number of primary amides is 1. The summed E-state index contributed by atoms with van der Waals surface area (Å²) < 4.78 is 11.1. The molecule has 2 N–H and O–H groups in total. The summed E-state index contributed by atoms with van der Waals surface area (Å²) in [5, 5.41) is 0. The molecule has 0 aliphatic carbocycles. The summed E-state index contributed by atoms with van der Waals surface area (Å²) in [5.74, 6) is 0.749. The van der Waals surface area contributed by atoms with Crippen molar-refractivity contribution in [3.63, 3.8) is 0 Å². The van der Waals surface area contributed by atoms with Gasteiger partial charge in [0.1, 0.15) is 0 Å². The SMILES string of the molecule is CCCOc1ccccc1OC(CC)C(N)=O. The number of amides is 1. The van der Waals surface area contributed by atoms with Crippen LogP contribution in [-0.4, -0.2) is 18.6 Å². The summed E-state index contributed by atoms with van der Waals surface area (Å²) in [6.07, 6.45) is 0.847. The molecule has 0 heterocycles. The van der Waals surface area contributed by atoms with Crippen molar-refractivity contribution < 1.29 is 14.3 Å². The highest BCUT2D eigenvalue weighted by Gasteiger charge is 2.16. The fourth-order valence-electron chi connectivity index (χ4n) is 1.37. The van der Waals surface area contributed by atoms with E-state index >= 15 is 0 Å². The van der Waals surface area contributed by atoms with E-state index in [1.807, 2.05) is 32.0 Å². The second-order valence-electron chi connectivity index (χ2n) is 3.71. The summed E-state index contributed by atoms with van der Waals surface area (Å²) in [5.41, 5.74) is 5.24. The van der Waals surface area contributed by atoms with Crippen LogP contribution in [0.3, 0.4) is 0 Å². The highest BCUT2D eigenvalue weighted by molar-refractivity contribution is 5.79. The van der Waals surface area contributed by atoms with E-state index in [2.05, 4.69) is 0 Å². The number of para-hydroxylation sites is 2. The average Bonchev–Trinajstić information content (AvgIpc) is 2.34. The molecule has 0 fully saturated rings. The van der Waals surface area contributed by atoms with Crippen LogP contribution in [0.25, 0.3) is 0 Å². The Morgan fingerprint density at radius 1 is 1.29 bits per heavy atom. The van der Waals surface area contributed by atoms with Crippen LogP contribution in [0.15, 0.2) is 24.3 Å². The lowest BCUT2D eigenvalue weighted by Crippen LogP contribution is -2.33. The Hall–Kier alpha value is -1.71. The van der Waals surface area contributed by atoms with Gasteiger partial charge in [-0.05, 0) is 25.0 Å². The van der Waals surface area contributed by atoms with Crippen molar-refractivity contribution in [1.29, 1.82) is 0 Å². The molecule has 1 aromatic carbocycles. The van der Waals surface area contributed by atoms with E-state index < -0.39 is 12.0 Å². The number of carbonyl (C=O) groups is 1. The van der Waals surface area contributed by atoms with E-state index in [1.54, 1.807) is 6.07 Å². The second-order valence-corrected chi connectivity index (χ2v) is 3.71. The van der Waals surface area contributed by atoms with Gasteiger partial charge < -0.3 is 15.2 Å². The van der Waals surface area contributed by atoms with Crippen LogP contribution in [0, 0.1) is 0 Å². The first-order chi connectivity index (χ1) is 8.19. The molecule has 0 radical (unpaired) electrons. The fourth-order valence-corrected chi connectivity index (χ4v) is 1.37. The van der Waals surface area contributed by atoms with Gasteiger partial charge in [0.2, 0.25) is 0 Å². The van der Waals surface area contributed by atoms with Gasteiger partial charge in [-0.25, -0.2) is 0 Å². The maximum Gasteiger partial charge on any atom is 0.258 e. The standard InChI is InChI=1S/C13H19NO3/c1-3-9-16-11-7-5-6-8-12(11)17-10(4-2)13(14)15/h5-8,10H,3-4,9H2,1-2H3,(H2,14,15). The first-order valence-electron chi connectivity index (χ1n) is 5.86. The molecule has 4 nitrogen and oxygen atoms in total. The first kappa shape index (κ1) is 13.4. The molecule has 1 amide bonds. The summed E-state index contributed by atoms with van der Waals surface area (Å²) in [4.78, 5) is 11.1. The van der Waals surface area contributed by atoms with Gasteiger partial charge in [-0.15, -0.1) is 0 Å². The number of hydrogen-bond donors (Lipinski definition) is 1. The Labute approximate surface area is 102 Å². The van der Waals surface area contributed by atoms with Crippen molar-refractivity contribution >= 4 is 5.91 Å². The number of hydrogen-bond acceptors (Lipinski definition) is 3. The molecule has 0 spiro atoms. The molecule has 0 saturated carbocycles. The molecule has 94 valence electrons. The van der Waals surface area contributed by atoms with E-state index in [0.717, 1.165) is 6.42 Å². The molecule has 0 aromatic heterocycles. The molecule has 1 unspecified atom stereocenters. The number of benzene rings is 1. The zero-order valence-corrected chi connectivity index (χ0v) is 10.3. The third-order valence-corrected chi connectivity index (χ3v) is 2.27. The molecule has 0 aliphatic heterocycles. The minimum atomic E-state index is -0.610. The van der Waals surface area contributed by atoms with Crippen LogP contribution in [0.1, 0.15) is 26.7 Å². The van der Waals surface area contributed by atoms with Crippen LogP contribution >= 0.6 is 0 Å². The summed E-state index contributed by atoms with van der Waals surface area (Å²) in [6.45, 7) is 4.50. The summed E-state index contributed by atoms with van der Waals surface area (Å²) >= 11 is 0. The third kappa shape index (κ3) is 3.98. The summed E-state index contributed by atoms with van der Waals surface area (Å²) in [6, 6.07) is 7.29. The van der Waals surface area contributed by atoms with Crippen molar-refractivity contribution in [2.45, 2.75) is 32.8 Å². The van der Waals surface area contributed by atoms with Crippen LogP contribution < -0.4 is 15.2 Å². The zero-order valence-electron chi connectivity index (χ0n) is 10.3. The zero-order chi connectivity index (χ0) is 12.7. The van der Waals surface area contributed by atoms with Gasteiger partial charge in [0.15, 0.2) is 17.6 Å². The quantitative estimate of drug-likeness (QED) is 0.790. The molecule has 0 bridgehead atoms. The fraction of sp³-hybridized carbons (Fsp3) is 0.462. The number of carbonyl (C=O) groups excluding carboxylic acids is 1. The Kier molecular flexibility index (Phi) is 5.33. The maximum absolute atomic E-state index is 11.1. The van der Waals surface area contributed by atoms with Gasteiger partial charge in [0, 0.05) is 0 Å². The minimum Gasteiger partial charge on any atom is -0.490 e. The number of nitrogens with two attached hydrogens (primary N) is 1. The largest absolute Gasteiger partial charge is 0.490 e. The van der Waals surface area contributed by atoms with E-state index in [0.29, 0.717) is 24.5 Å². The Balaban J connectivity index is 2.78. The maximum atomic E-state index is 11.1. The lowest BCUT2D eigenvalue weighted by molar-refractivity contribution is -0.124. The molecule has 1 aromatic rings. The van der Waals surface area contributed by atoms with Crippen molar-refractivity contribution in [3.8, 4) is 11.5 Å². The highest BCUT2D eigenvalue weighted by Crippen LogP contribution is 2.27. The Morgan fingerprint density at radius 3 is 2.47 bits per heavy atom. The Bertz CT molecular complexity index is 365. The third-order valence-electron chi connectivity index (χ3n) is 2.27. The molecule has 0 aliphatic rings. The first-order valence-corrected chi connectivity index (χ1v) is 5.86. The smallest absolute Gasteiger partial charge is 0.258 e. The lowest BCUT2D eigenvalue weighted by Gasteiger charge is -2.17. The van der Waals surface area contributed by atoms with E-state index in [1.165, 1.54) is 0 Å². The molecule has 0 saturated heterocycles. The van der Waals surface area contributed by atoms with Crippen LogP contribution in [-0.2, 0) is 4.79 Å². The predicted molar refractivity (Wildman–Crippen MR) is 66.1 cm³/mol. The normalized spacial score (nSPS) is 11.9. The van der Waals surface area contributed by atoms with Crippen LogP contribution in [0.4, 0.5) is 0 Å².